The van der Waals surface area contributed by atoms with Gasteiger partial charge in [0.2, 0.25) is 0 Å². The maximum absolute atomic E-state index is 11.3. The molecule has 0 aromatic heterocycles. The molecule has 0 aliphatic rings. The van der Waals surface area contributed by atoms with E-state index < -0.39 is 30.0 Å². The van der Waals surface area contributed by atoms with Crippen LogP contribution in [-0.2, 0) is 0 Å². The van der Waals surface area contributed by atoms with Crippen LogP contribution in [0.2, 0.25) is 0 Å². The molecule has 0 heterocycles. The first kappa shape index (κ1) is 7.55. The van der Waals surface area contributed by atoms with E-state index in [9.17, 15) is 13.2 Å². The van der Waals surface area contributed by atoms with Crippen LogP contribution in [0.4, 0.5) is 13.2 Å². The molecule has 0 nitrogen and oxygen atoms in total. The molecule has 0 saturated heterocycles. The molecule has 0 amide bonds. The minimum atomic E-state index is -2.29. The van der Waals surface area contributed by atoms with Gasteiger partial charge in [-0.05, 0) is 0 Å². The molecule has 44 valence electrons. The van der Waals surface area contributed by atoms with Crippen molar-refractivity contribution in [1.82, 2.24) is 0 Å². The molecular weight excluding hydrogens is 243 g/mol. The van der Waals surface area contributed by atoms with Crippen LogP contribution >= 0.6 is 8.91 Å². The van der Waals surface area contributed by atoms with Gasteiger partial charge in [-0.2, -0.15) is 0 Å². The molecule has 0 saturated carbocycles. The summed E-state index contributed by atoms with van der Waals surface area (Å²) in [6.45, 7) is 0. The fraction of sp³-hybridized carbons (Fsp3) is 0. The summed E-state index contributed by atoms with van der Waals surface area (Å²) in [6, 6.07) is 0. The zero-order valence-electron chi connectivity index (χ0n) is 2.89. The third-order valence-electron chi connectivity index (χ3n) is 0.206. The van der Waals surface area contributed by atoms with Gasteiger partial charge in [-0.25, -0.2) is 0 Å². The van der Waals surface area contributed by atoms with Gasteiger partial charge in [0, 0.05) is 0 Å². The topological polar surface area (TPSA) is 0 Å². The molecule has 5 heteroatoms. The van der Waals surface area contributed by atoms with Crippen molar-refractivity contribution < 1.29 is 33.2 Å². The van der Waals surface area contributed by atoms with Crippen LogP contribution in [0.25, 0.3) is 0 Å². The molecule has 0 fully saturated rings. The Morgan fingerprint density at radius 1 is 1.29 bits per heavy atom. The summed E-state index contributed by atoms with van der Waals surface area (Å²) in [5, 5.41) is 0. The summed E-state index contributed by atoms with van der Waals surface area (Å²) in [5.41, 5.74) is 0. The molecule has 0 radical (unpaired) electrons. The summed E-state index contributed by atoms with van der Waals surface area (Å²) in [7, 11) is 4.74. The molecule has 0 atom stereocenters. The molecule has 0 aliphatic heterocycles. The van der Waals surface area contributed by atoms with E-state index in [1.54, 1.807) is 0 Å². The van der Waals surface area contributed by atoms with Crippen LogP contribution in [0.15, 0.2) is 9.91 Å². The van der Waals surface area contributed by atoms with E-state index in [2.05, 4.69) is 0 Å². The summed E-state index contributed by atoms with van der Waals surface area (Å²) in [4.78, 5) is 0. The fourth-order valence-corrected chi connectivity index (χ4v) is 0.543. The normalized spacial score (nSPS) is 9.14. The van der Waals surface area contributed by atoms with E-state index in [0.29, 0.717) is 0 Å². The van der Waals surface area contributed by atoms with Crippen molar-refractivity contribution in [2.75, 3.05) is 0 Å². The van der Waals surface area contributed by atoms with Crippen LogP contribution in [0.1, 0.15) is 0 Å². The minimum absolute atomic E-state index is 1.44. The van der Waals surface area contributed by atoms with Gasteiger partial charge in [-0.3, -0.25) is 0 Å². The first-order valence-electron chi connectivity index (χ1n) is 1.15. The Hall–Kier alpha value is 0.550. The Morgan fingerprint density at radius 3 is 1.71 bits per heavy atom. The summed E-state index contributed by atoms with van der Waals surface area (Å²) >= 11 is -1.56. The van der Waals surface area contributed by atoms with Crippen molar-refractivity contribution in [1.29, 1.82) is 0 Å². The summed E-state index contributed by atoms with van der Waals surface area (Å²) < 4.78 is 31.6. The molecule has 0 aromatic carbocycles. The summed E-state index contributed by atoms with van der Waals surface area (Å²) in [5.74, 6) is 0. The Kier molecular flexibility index (Phi) is 3.82. The van der Waals surface area contributed by atoms with Gasteiger partial charge < -0.3 is 0 Å². The third-order valence-corrected chi connectivity index (χ3v) is 1.81. The van der Waals surface area contributed by atoms with Crippen molar-refractivity contribution in [3.63, 3.8) is 0 Å². The van der Waals surface area contributed by atoms with Gasteiger partial charge in [0.05, 0.1) is 0 Å². The number of hydrogen-bond donors (Lipinski definition) is 0. The molecule has 0 N–H and O–H groups in total. The molecule has 7 heavy (non-hydrogen) atoms. The zero-order valence-corrected chi connectivity index (χ0v) is 5.80. The Balaban J connectivity index is 3.72. The molecule has 0 spiro atoms. The predicted molar refractivity (Wildman–Crippen MR) is 16.2 cm³/mol. The second kappa shape index (κ2) is 3.54. The second-order valence-corrected chi connectivity index (χ2v) is 2.91. The fourth-order valence-electron chi connectivity index (χ4n) is 0.0270. The van der Waals surface area contributed by atoms with E-state index in [1.165, 1.54) is 0 Å². The number of hydrogen-bond acceptors (Lipinski definition) is 0. The monoisotopic (exact) mass is 243 g/mol. The molecule has 0 aliphatic carbocycles. The average Bonchev–Trinajstić information content (AvgIpc) is 1.65. The second-order valence-electron chi connectivity index (χ2n) is 0.592. The SMILES string of the molecule is FC(F)=C(F)[I-]Cl. The van der Waals surface area contributed by atoms with Crippen LogP contribution in [-0.4, -0.2) is 0 Å². The van der Waals surface area contributed by atoms with Gasteiger partial charge in [0.25, 0.3) is 0 Å². The van der Waals surface area contributed by atoms with Crippen molar-refractivity contribution in [3.05, 3.63) is 9.91 Å². The standard InChI is InChI=1S/C2ClF3I/c3-7-2(6)1(4)5/q-1. The Morgan fingerprint density at radius 2 is 1.71 bits per heavy atom. The molecule has 0 aromatic rings. The average molecular weight is 243 g/mol. The molecule has 0 rings (SSSR count). The van der Waals surface area contributed by atoms with Gasteiger partial charge in [0.1, 0.15) is 0 Å². The van der Waals surface area contributed by atoms with Crippen LogP contribution in [0.3, 0.4) is 0 Å². The van der Waals surface area contributed by atoms with E-state index in [1.807, 2.05) is 0 Å². The number of rotatable bonds is 1. The quantitative estimate of drug-likeness (QED) is 0.533. The first-order chi connectivity index (χ1) is 3.18. The van der Waals surface area contributed by atoms with Crippen LogP contribution in [0.5, 0.6) is 0 Å². The summed E-state index contributed by atoms with van der Waals surface area (Å²) in [6.07, 6.45) is -2.29. The van der Waals surface area contributed by atoms with Crippen molar-refractivity contribution >= 4 is 8.91 Å². The Bertz CT molecular complexity index is 86.9. The van der Waals surface area contributed by atoms with E-state index >= 15 is 0 Å². The van der Waals surface area contributed by atoms with E-state index in [-0.39, 0.29) is 0 Å². The van der Waals surface area contributed by atoms with E-state index in [4.69, 9.17) is 8.91 Å². The first-order valence-corrected chi connectivity index (χ1v) is 4.96. The van der Waals surface area contributed by atoms with Crippen molar-refractivity contribution in [2.24, 2.45) is 0 Å². The number of halogens is 5. The third kappa shape index (κ3) is 3.16. The van der Waals surface area contributed by atoms with Gasteiger partial charge in [0.15, 0.2) is 0 Å². The van der Waals surface area contributed by atoms with Gasteiger partial charge in [-0.15, -0.1) is 0 Å². The van der Waals surface area contributed by atoms with Crippen LogP contribution in [0, 0.1) is 0 Å². The Labute approximate surface area is 52.3 Å². The molecular formula is C2ClF3I-. The van der Waals surface area contributed by atoms with E-state index in [0.717, 1.165) is 0 Å². The maximum atomic E-state index is 11.3. The van der Waals surface area contributed by atoms with Crippen molar-refractivity contribution in [3.8, 4) is 0 Å². The molecule has 0 bridgehead atoms. The van der Waals surface area contributed by atoms with Crippen molar-refractivity contribution in [2.45, 2.75) is 0 Å². The predicted octanol–water partition coefficient (Wildman–Crippen LogP) is -0.736. The zero-order chi connectivity index (χ0) is 5.86. The van der Waals surface area contributed by atoms with Gasteiger partial charge in [-0.1, -0.05) is 0 Å². The van der Waals surface area contributed by atoms with Crippen LogP contribution < -0.4 is 20.1 Å². The van der Waals surface area contributed by atoms with Gasteiger partial charge >= 0.3 is 52.1 Å². The molecule has 0 unspecified atom stereocenters.